The number of para-hydroxylation sites is 1. The molecular weight excluding hydrogens is 504 g/mol. The summed E-state index contributed by atoms with van der Waals surface area (Å²) in [6.45, 7) is 7.95. The number of amides is 1. The molecule has 0 saturated carbocycles. The Morgan fingerprint density at radius 1 is 1.13 bits per heavy atom. The third-order valence-electron chi connectivity index (χ3n) is 5.94. The van der Waals surface area contributed by atoms with E-state index < -0.39 is 6.10 Å². The lowest BCUT2D eigenvalue weighted by Crippen LogP contribution is -2.23. The number of hydrogen-bond donors (Lipinski definition) is 1. The first-order valence-electron chi connectivity index (χ1n) is 12.0. The number of hydrogen-bond acceptors (Lipinski definition) is 7. The number of anilines is 1. The first-order chi connectivity index (χ1) is 18.3. The van der Waals surface area contributed by atoms with Crippen LogP contribution in [0.4, 0.5) is 5.69 Å². The minimum atomic E-state index is -0.401. The van der Waals surface area contributed by atoms with Crippen molar-refractivity contribution in [1.82, 2.24) is 24.1 Å². The van der Waals surface area contributed by atoms with E-state index in [2.05, 4.69) is 22.1 Å². The first-order valence-corrected chi connectivity index (χ1v) is 12.9. The fourth-order valence-corrected chi connectivity index (χ4v) is 4.69. The summed E-state index contributed by atoms with van der Waals surface area (Å²) >= 11 is 1.22. The van der Waals surface area contributed by atoms with Gasteiger partial charge in [-0.2, -0.15) is 0 Å². The molecule has 38 heavy (non-hydrogen) atoms. The van der Waals surface area contributed by atoms with Crippen LogP contribution in [-0.4, -0.2) is 42.9 Å². The number of thioether (sulfide) groups is 1. The third kappa shape index (κ3) is 5.67. The van der Waals surface area contributed by atoms with Crippen LogP contribution in [0.1, 0.15) is 24.5 Å². The average molecular weight is 535 g/mol. The maximum atomic E-state index is 13.1. The fraction of sp³-hybridized carbons (Fsp3) is 0.259. The molecule has 2 aromatic heterocycles. The number of allylic oxidation sites excluding steroid dienone is 1. The summed E-state index contributed by atoms with van der Waals surface area (Å²) in [5, 5.41) is 11.9. The highest BCUT2D eigenvalue weighted by molar-refractivity contribution is 7.99. The zero-order valence-electron chi connectivity index (χ0n) is 21.7. The second kappa shape index (κ2) is 11.9. The van der Waals surface area contributed by atoms with Crippen molar-refractivity contribution in [2.45, 2.75) is 31.7 Å². The number of carbonyl (C=O) groups excluding carboxylic acids is 1. The van der Waals surface area contributed by atoms with Crippen molar-refractivity contribution in [3.63, 3.8) is 0 Å². The molecule has 0 fully saturated rings. The maximum Gasteiger partial charge on any atom is 0.295 e. The van der Waals surface area contributed by atoms with Crippen LogP contribution in [0.15, 0.2) is 77.2 Å². The topological polar surface area (TPSA) is 105 Å². The molecule has 10 nitrogen and oxygen atoms in total. The molecule has 2 aromatic carbocycles. The van der Waals surface area contributed by atoms with Crippen LogP contribution in [0.5, 0.6) is 11.5 Å². The zero-order chi connectivity index (χ0) is 27.2. The van der Waals surface area contributed by atoms with E-state index in [4.69, 9.17) is 9.47 Å². The summed E-state index contributed by atoms with van der Waals surface area (Å²) < 4.78 is 16.3. The smallest absolute Gasteiger partial charge is 0.295 e. The second-order valence-corrected chi connectivity index (χ2v) is 9.39. The van der Waals surface area contributed by atoms with Gasteiger partial charge in [0.1, 0.15) is 17.2 Å². The van der Waals surface area contributed by atoms with Gasteiger partial charge in [0, 0.05) is 13.6 Å². The minimum Gasteiger partial charge on any atom is -0.497 e. The molecule has 1 N–H and O–H groups in total. The number of rotatable bonds is 11. The van der Waals surface area contributed by atoms with E-state index >= 15 is 0 Å². The molecular formula is C27H30N6O4S. The van der Waals surface area contributed by atoms with Gasteiger partial charge < -0.3 is 14.8 Å². The molecule has 1 amide bonds. The van der Waals surface area contributed by atoms with Gasteiger partial charge in [-0.3, -0.25) is 18.8 Å². The quantitative estimate of drug-likeness (QED) is 0.228. The normalized spacial score (nSPS) is 11.7. The van der Waals surface area contributed by atoms with Crippen molar-refractivity contribution in [2.24, 2.45) is 7.05 Å². The van der Waals surface area contributed by atoms with Crippen molar-refractivity contribution in [1.29, 1.82) is 0 Å². The van der Waals surface area contributed by atoms with Gasteiger partial charge in [-0.15, -0.1) is 16.8 Å². The van der Waals surface area contributed by atoms with Crippen molar-refractivity contribution < 1.29 is 14.3 Å². The summed E-state index contributed by atoms with van der Waals surface area (Å²) in [6.07, 6.45) is 1.33. The number of benzene rings is 2. The Bertz CT molecular complexity index is 1470. The number of nitrogens with one attached hydrogen (secondary N) is 1. The van der Waals surface area contributed by atoms with Gasteiger partial charge in [-0.1, -0.05) is 36.0 Å². The SMILES string of the molecule is C=CCn1c(SCC(=O)Nc2c(C)n(C)n(-c3ccccc3)c2=O)nnc1C(C)Oc1ccc(OC)cc1. The Morgan fingerprint density at radius 2 is 1.82 bits per heavy atom. The molecule has 11 heteroatoms. The molecule has 0 aliphatic rings. The Kier molecular flexibility index (Phi) is 8.37. The molecule has 0 saturated heterocycles. The summed E-state index contributed by atoms with van der Waals surface area (Å²) in [4.78, 5) is 25.9. The number of carbonyl (C=O) groups is 1. The fourth-order valence-electron chi connectivity index (χ4n) is 3.94. The number of nitrogens with zero attached hydrogens (tertiary/aromatic N) is 5. The van der Waals surface area contributed by atoms with Crippen LogP contribution in [0.25, 0.3) is 5.69 Å². The average Bonchev–Trinajstić information content (AvgIpc) is 3.42. The van der Waals surface area contributed by atoms with Gasteiger partial charge in [-0.25, -0.2) is 4.68 Å². The number of ether oxygens (including phenoxy) is 2. The molecule has 1 unspecified atom stereocenters. The Hall–Kier alpha value is -4.25. The van der Waals surface area contributed by atoms with Crippen LogP contribution in [-0.2, 0) is 18.4 Å². The zero-order valence-corrected chi connectivity index (χ0v) is 22.6. The predicted molar refractivity (Wildman–Crippen MR) is 147 cm³/mol. The van der Waals surface area contributed by atoms with Gasteiger partial charge in [-0.05, 0) is 50.2 Å². The van der Waals surface area contributed by atoms with E-state index in [0.29, 0.717) is 34.7 Å². The van der Waals surface area contributed by atoms with Crippen LogP contribution in [0.2, 0.25) is 0 Å². The van der Waals surface area contributed by atoms with Gasteiger partial charge in [0.05, 0.1) is 24.2 Å². The minimum absolute atomic E-state index is 0.0438. The van der Waals surface area contributed by atoms with Crippen LogP contribution >= 0.6 is 11.8 Å². The van der Waals surface area contributed by atoms with Gasteiger partial charge in [0.2, 0.25) is 5.91 Å². The van der Waals surface area contributed by atoms with Crippen molar-refractivity contribution >= 4 is 23.4 Å². The van der Waals surface area contributed by atoms with Crippen molar-refractivity contribution in [3.05, 3.63) is 89.1 Å². The summed E-state index contributed by atoms with van der Waals surface area (Å²) in [5.41, 5.74) is 1.32. The van der Waals surface area contributed by atoms with Crippen molar-refractivity contribution in [2.75, 3.05) is 18.2 Å². The predicted octanol–water partition coefficient (Wildman–Crippen LogP) is 4.14. The standard InChI is InChI=1S/C27H30N6O4S/c1-6-16-32-25(19(3)37-22-14-12-21(36-5)13-15-22)29-30-27(32)38-17-23(34)28-24-18(2)31(4)33(26(24)35)20-10-8-7-9-11-20/h6-15,19H,1,16-17H2,2-5H3,(H,28,34). The number of methoxy groups -OCH3 is 1. The lowest BCUT2D eigenvalue weighted by atomic mass is 10.3. The Labute approximate surface area is 224 Å². The third-order valence-corrected chi connectivity index (χ3v) is 6.91. The molecule has 2 heterocycles. The molecule has 1 atom stereocenters. The van der Waals surface area contributed by atoms with Gasteiger partial charge in [0.15, 0.2) is 17.1 Å². The highest BCUT2D eigenvalue weighted by Crippen LogP contribution is 2.26. The molecule has 0 bridgehead atoms. The Morgan fingerprint density at radius 3 is 2.47 bits per heavy atom. The van der Waals surface area contributed by atoms with E-state index in [9.17, 15) is 9.59 Å². The molecule has 4 rings (SSSR count). The van der Waals surface area contributed by atoms with Crippen molar-refractivity contribution in [3.8, 4) is 17.2 Å². The monoisotopic (exact) mass is 534 g/mol. The van der Waals surface area contributed by atoms with E-state index in [-0.39, 0.29) is 22.9 Å². The second-order valence-electron chi connectivity index (χ2n) is 8.45. The van der Waals surface area contributed by atoms with Crippen LogP contribution in [0, 0.1) is 6.92 Å². The van der Waals surface area contributed by atoms with E-state index in [1.807, 2.05) is 66.1 Å². The molecule has 0 radical (unpaired) electrons. The Balaban J connectivity index is 1.46. The number of aromatic nitrogens is 5. The van der Waals surface area contributed by atoms with Gasteiger partial charge >= 0.3 is 0 Å². The highest BCUT2D eigenvalue weighted by atomic mass is 32.2. The molecule has 198 valence electrons. The molecule has 0 aliphatic heterocycles. The van der Waals surface area contributed by atoms with Crippen LogP contribution in [0.3, 0.4) is 0 Å². The molecule has 0 spiro atoms. The largest absolute Gasteiger partial charge is 0.497 e. The van der Waals surface area contributed by atoms with E-state index in [1.165, 1.54) is 16.4 Å². The van der Waals surface area contributed by atoms with E-state index in [0.717, 1.165) is 5.75 Å². The maximum absolute atomic E-state index is 13.1. The lowest BCUT2D eigenvalue weighted by Gasteiger charge is -2.16. The van der Waals surface area contributed by atoms with Crippen LogP contribution < -0.4 is 20.3 Å². The summed E-state index contributed by atoms with van der Waals surface area (Å²) in [5.74, 6) is 1.73. The lowest BCUT2D eigenvalue weighted by molar-refractivity contribution is -0.113. The molecule has 0 aliphatic carbocycles. The summed E-state index contributed by atoms with van der Waals surface area (Å²) in [7, 11) is 3.39. The highest BCUT2D eigenvalue weighted by Gasteiger charge is 2.21. The summed E-state index contributed by atoms with van der Waals surface area (Å²) in [6, 6.07) is 16.6. The van der Waals surface area contributed by atoms with Gasteiger partial charge in [0.25, 0.3) is 5.56 Å². The molecule has 4 aromatic rings. The van der Waals surface area contributed by atoms with E-state index in [1.54, 1.807) is 31.8 Å². The first kappa shape index (κ1) is 26.8.